The third kappa shape index (κ3) is 3.07. The molecule has 23 heavy (non-hydrogen) atoms. The molecule has 1 aliphatic heterocycles. The Hall–Kier alpha value is -0.885. The van der Waals surface area contributed by atoms with Gasteiger partial charge in [0.2, 0.25) is 10.0 Å². The fourth-order valence-electron chi connectivity index (χ4n) is 3.15. The van der Waals surface area contributed by atoms with E-state index in [9.17, 15) is 8.42 Å². The van der Waals surface area contributed by atoms with E-state index in [1.54, 1.807) is 0 Å². The molecule has 7 heteroatoms. The molecule has 126 valence electrons. The number of nitrogens with two attached hydrogens (primary N) is 1. The molecule has 1 aromatic carbocycles. The molecule has 1 heterocycles. The summed E-state index contributed by atoms with van der Waals surface area (Å²) in [5, 5.41) is 4.81. The van der Waals surface area contributed by atoms with E-state index in [4.69, 9.17) is 14.4 Å². The van der Waals surface area contributed by atoms with Crippen LogP contribution in [-0.2, 0) is 32.2 Å². The number of rotatable bonds is 2. The molecule has 2 N–H and O–H groups in total. The van der Waals surface area contributed by atoms with Gasteiger partial charge >= 0.3 is 7.12 Å². The van der Waals surface area contributed by atoms with Gasteiger partial charge in [0.1, 0.15) is 0 Å². The van der Waals surface area contributed by atoms with E-state index in [1.165, 1.54) is 0 Å². The standard InChI is InChI=1S/C16H24BNO4S/c1-15(2)16(3,4)22-17(21-15)13-7-5-12-10-14(23(18,19)20)8-6-11(12)9-13/h5,7,9,14H,6,8,10H2,1-4H3,(H2,18,19,20). The van der Waals surface area contributed by atoms with Gasteiger partial charge in [-0.15, -0.1) is 0 Å². The monoisotopic (exact) mass is 337 g/mol. The molecule has 0 aromatic heterocycles. The van der Waals surface area contributed by atoms with Gasteiger partial charge in [-0.1, -0.05) is 18.2 Å². The number of aryl methyl sites for hydroxylation is 1. The number of fused-ring (bicyclic) bond motifs is 1. The molecule has 5 nitrogen and oxygen atoms in total. The number of hydrogen-bond acceptors (Lipinski definition) is 4. The van der Waals surface area contributed by atoms with Crippen LogP contribution in [0, 0.1) is 0 Å². The first kappa shape index (κ1) is 17.0. The lowest BCUT2D eigenvalue weighted by molar-refractivity contribution is 0.00578. The van der Waals surface area contributed by atoms with Crippen molar-refractivity contribution < 1.29 is 17.7 Å². The molecule has 0 amide bonds. The summed E-state index contributed by atoms with van der Waals surface area (Å²) in [5.41, 5.74) is 2.46. The first-order valence-corrected chi connectivity index (χ1v) is 9.59. The molecule has 0 bridgehead atoms. The van der Waals surface area contributed by atoms with E-state index >= 15 is 0 Å². The van der Waals surface area contributed by atoms with Crippen LogP contribution in [0.4, 0.5) is 0 Å². The maximum atomic E-state index is 11.6. The van der Waals surface area contributed by atoms with Crippen LogP contribution >= 0.6 is 0 Å². The lowest BCUT2D eigenvalue weighted by Gasteiger charge is -2.32. The Morgan fingerprint density at radius 2 is 1.74 bits per heavy atom. The lowest BCUT2D eigenvalue weighted by atomic mass is 9.76. The van der Waals surface area contributed by atoms with Gasteiger partial charge in [-0.05, 0) is 63.5 Å². The summed E-state index contributed by atoms with van der Waals surface area (Å²) in [4.78, 5) is 0. The Morgan fingerprint density at radius 3 is 2.30 bits per heavy atom. The van der Waals surface area contributed by atoms with Gasteiger partial charge in [-0.3, -0.25) is 0 Å². The van der Waals surface area contributed by atoms with Gasteiger partial charge in [0.05, 0.1) is 16.5 Å². The van der Waals surface area contributed by atoms with Crippen LogP contribution in [0.3, 0.4) is 0 Å². The Balaban J connectivity index is 1.84. The first-order valence-electron chi connectivity index (χ1n) is 7.98. The topological polar surface area (TPSA) is 78.6 Å². The molecule has 0 saturated carbocycles. The van der Waals surface area contributed by atoms with Crippen LogP contribution in [0.2, 0.25) is 0 Å². The molecule has 1 saturated heterocycles. The molecular weight excluding hydrogens is 313 g/mol. The third-order valence-corrected chi connectivity index (χ3v) is 6.74. The van der Waals surface area contributed by atoms with Crippen LogP contribution < -0.4 is 10.6 Å². The number of benzene rings is 1. The Labute approximate surface area is 138 Å². The molecule has 0 radical (unpaired) electrons. The van der Waals surface area contributed by atoms with Crippen molar-refractivity contribution in [1.29, 1.82) is 0 Å². The molecule has 1 atom stereocenters. The van der Waals surface area contributed by atoms with E-state index in [1.807, 2.05) is 39.8 Å². The number of hydrogen-bond donors (Lipinski definition) is 1. The third-order valence-electron chi connectivity index (χ3n) is 5.40. The summed E-state index contributed by atoms with van der Waals surface area (Å²) in [5.74, 6) is 0. The van der Waals surface area contributed by atoms with Crippen molar-refractivity contribution in [3.63, 3.8) is 0 Å². The second-order valence-corrected chi connectivity index (χ2v) is 9.41. The zero-order chi connectivity index (χ0) is 17.0. The maximum Gasteiger partial charge on any atom is 0.494 e. The van der Waals surface area contributed by atoms with E-state index in [0.29, 0.717) is 19.3 Å². The minimum atomic E-state index is -3.47. The van der Waals surface area contributed by atoms with Crippen molar-refractivity contribution in [3.05, 3.63) is 29.3 Å². The van der Waals surface area contributed by atoms with Crippen LogP contribution in [0.5, 0.6) is 0 Å². The summed E-state index contributed by atoms with van der Waals surface area (Å²) in [7, 11) is -3.86. The highest BCUT2D eigenvalue weighted by Crippen LogP contribution is 2.36. The Bertz CT molecular complexity index is 714. The van der Waals surface area contributed by atoms with E-state index < -0.39 is 15.3 Å². The normalized spacial score (nSPS) is 26.1. The molecule has 1 aliphatic carbocycles. The second-order valence-electron chi connectivity index (χ2n) is 7.57. The zero-order valence-electron chi connectivity index (χ0n) is 14.1. The maximum absolute atomic E-state index is 11.6. The quantitative estimate of drug-likeness (QED) is 0.821. The predicted molar refractivity (Wildman–Crippen MR) is 91.1 cm³/mol. The van der Waals surface area contributed by atoms with Gasteiger partial charge in [-0.2, -0.15) is 0 Å². The molecule has 2 aliphatic rings. The predicted octanol–water partition coefficient (Wildman–Crippen LogP) is 1.13. The van der Waals surface area contributed by atoms with Crippen LogP contribution in [0.15, 0.2) is 18.2 Å². The fourth-order valence-corrected chi connectivity index (χ4v) is 4.01. The van der Waals surface area contributed by atoms with Crippen molar-refractivity contribution in [2.45, 2.75) is 63.4 Å². The fraction of sp³-hybridized carbons (Fsp3) is 0.625. The van der Waals surface area contributed by atoms with E-state index in [2.05, 4.69) is 6.07 Å². The van der Waals surface area contributed by atoms with Crippen molar-refractivity contribution >= 4 is 22.6 Å². The second kappa shape index (κ2) is 5.31. The molecule has 1 fully saturated rings. The molecule has 1 aromatic rings. The summed E-state index contributed by atoms with van der Waals surface area (Å²) in [6.07, 6.45) is 1.76. The average molecular weight is 337 g/mol. The summed E-state index contributed by atoms with van der Waals surface area (Å²) < 4.78 is 35.3. The highest BCUT2D eigenvalue weighted by Gasteiger charge is 2.51. The first-order chi connectivity index (χ1) is 10.5. The van der Waals surface area contributed by atoms with Crippen molar-refractivity contribution in [2.24, 2.45) is 5.14 Å². The Morgan fingerprint density at radius 1 is 1.13 bits per heavy atom. The zero-order valence-corrected chi connectivity index (χ0v) is 14.9. The Kier molecular flexibility index (Phi) is 3.91. The molecule has 3 rings (SSSR count). The summed E-state index contributed by atoms with van der Waals surface area (Å²) in [6, 6.07) is 6.02. The van der Waals surface area contributed by atoms with Crippen molar-refractivity contribution in [3.8, 4) is 0 Å². The molecule has 0 spiro atoms. The van der Waals surface area contributed by atoms with E-state index in [0.717, 1.165) is 16.6 Å². The minimum Gasteiger partial charge on any atom is -0.399 e. The van der Waals surface area contributed by atoms with Crippen molar-refractivity contribution in [2.75, 3.05) is 0 Å². The number of sulfonamides is 1. The van der Waals surface area contributed by atoms with Crippen LogP contribution in [-0.4, -0.2) is 32.0 Å². The summed E-state index contributed by atoms with van der Waals surface area (Å²) >= 11 is 0. The highest BCUT2D eigenvalue weighted by molar-refractivity contribution is 7.89. The molecular formula is C16H24BNO4S. The lowest BCUT2D eigenvalue weighted by Crippen LogP contribution is -2.41. The SMILES string of the molecule is CC1(C)OB(c2ccc3c(c2)CCC(S(N)(=O)=O)C3)OC1(C)C. The average Bonchev–Trinajstić information content (AvgIpc) is 2.65. The van der Waals surface area contributed by atoms with Gasteiger partial charge < -0.3 is 9.31 Å². The largest absolute Gasteiger partial charge is 0.494 e. The van der Waals surface area contributed by atoms with Gasteiger partial charge in [0.25, 0.3) is 0 Å². The van der Waals surface area contributed by atoms with Gasteiger partial charge in [0, 0.05) is 0 Å². The number of primary sulfonamides is 1. The van der Waals surface area contributed by atoms with Crippen molar-refractivity contribution in [1.82, 2.24) is 0 Å². The van der Waals surface area contributed by atoms with Crippen LogP contribution in [0.1, 0.15) is 45.2 Å². The smallest absolute Gasteiger partial charge is 0.399 e. The highest BCUT2D eigenvalue weighted by atomic mass is 32.2. The van der Waals surface area contributed by atoms with Crippen LogP contribution in [0.25, 0.3) is 0 Å². The summed E-state index contributed by atoms with van der Waals surface area (Å²) in [6.45, 7) is 8.12. The van der Waals surface area contributed by atoms with Gasteiger partial charge in [-0.25, -0.2) is 13.6 Å². The van der Waals surface area contributed by atoms with Gasteiger partial charge in [0.15, 0.2) is 0 Å². The minimum absolute atomic E-state index is 0.369. The van der Waals surface area contributed by atoms with E-state index in [-0.39, 0.29) is 18.3 Å². The molecule has 1 unspecified atom stereocenters.